The molecule has 17 heavy (non-hydrogen) atoms. The number of halogens is 2. The van der Waals surface area contributed by atoms with Crippen molar-refractivity contribution in [3.63, 3.8) is 0 Å². The predicted molar refractivity (Wildman–Crippen MR) is 65.0 cm³/mol. The second kappa shape index (κ2) is 3.89. The van der Waals surface area contributed by atoms with Crippen molar-refractivity contribution in [1.29, 1.82) is 0 Å². The van der Waals surface area contributed by atoms with Gasteiger partial charge in [-0.1, -0.05) is 18.2 Å². The van der Waals surface area contributed by atoms with E-state index in [1.807, 2.05) is 24.3 Å². The van der Waals surface area contributed by atoms with Gasteiger partial charge in [-0.15, -0.1) is 11.3 Å². The molecule has 4 heteroatoms. The van der Waals surface area contributed by atoms with Gasteiger partial charge in [-0.3, -0.25) is 0 Å². The SMILES string of the molecule is Fc1cccc(F)c1-c1nc2ccccc2s1. The smallest absolute Gasteiger partial charge is 0.136 e. The lowest BCUT2D eigenvalue weighted by Gasteiger charge is -1.99. The van der Waals surface area contributed by atoms with Gasteiger partial charge in [0, 0.05) is 0 Å². The van der Waals surface area contributed by atoms with Crippen LogP contribution in [0, 0.1) is 11.6 Å². The van der Waals surface area contributed by atoms with Crippen LogP contribution in [0.5, 0.6) is 0 Å². The molecule has 0 saturated carbocycles. The van der Waals surface area contributed by atoms with Crippen molar-refractivity contribution in [3.8, 4) is 10.6 Å². The summed E-state index contributed by atoms with van der Waals surface area (Å²) in [4.78, 5) is 4.24. The second-order valence-corrected chi connectivity index (χ2v) is 4.61. The molecule has 0 spiro atoms. The maximum absolute atomic E-state index is 13.6. The average molecular weight is 247 g/mol. The topological polar surface area (TPSA) is 12.9 Å². The second-order valence-electron chi connectivity index (χ2n) is 3.58. The van der Waals surface area contributed by atoms with Crippen LogP contribution in [-0.4, -0.2) is 4.98 Å². The fourth-order valence-electron chi connectivity index (χ4n) is 1.68. The van der Waals surface area contributed by atoms with E-state index in [2.05, 4.69) is 4.98 Å². The highest BCUT2D eigenvalue weighted by molar-refractivity contribution is 7.21. The molecule has 0 radical (unpaired) electrons. The lowest BCUT2D eigenvalue weighted by Crippen LogP contribution is -1.88. The van der Waals surface area contributed by atoms with Gasteiger partial charge < -0.3 is 0 Å². The maximum Gasteiger partial charge on any atom is 0.136 e. The van der Waals surface area contributed by atoms with Crippen LogP contribution < -0.4 is 0 Å². The fraction of sp³-hybridized carbons (Fsp3) is 0. The molecular formula is C13H7F2NS. The Morgan fingerprint density at radius 1 is 0.882 bits per heavy atom. The first-order chi connectivity index (χ1) is 8.25. The summed E-state index contributed by atoms with van der Waals surface area (Å²) in [7, 11) is 0. The van der Waals surface area contributed by atoms with E-state index in [4.69, 9.17) is 0 Å². The first-order valence-electron chi connectivity index (χ1n) is 5.05. The molecule has 0 aliphatic heterocycles. The fourth-order valence-corrected chi connectivity index (χ4v) is 2.70. The summed E-state index contributed by atoms with van der Waals surface area (Å²) in [6.45, 7) is 0. The monoisotopic (exact) mass is 247 g/mol. The van der Waals surface area contributed by atoms with Crippen molar-refractivity contribution in [2.45, 2.75) is 0 Å². The molecule has 1 nitrogen and oxygen atoms in total. The lowest BCUT2D eigenvalue weighted by atomic mass is 10.2. The Labute approximate surface area is 100 Å². The Kier molecular flexibility index (Phi) is 2.37. The first kappa shape index (κ1) is 10.4. The van der Waals surface area contributed by atoms with Gasteiger partial charge in [-0.2, -0.15) is 0 Å². The lowest BCUT2D eigenvalue weighted by molar-refractivity contribution is 0.589. The molecule has 0 amide bonds. The van der Waals surface area contributed by atoms with Crippen molar-refractivity contribution in [1.82, 2.24) is 4.98 Å². The minimum absolute atomic E-state index is 0.0475. The van der Waals surface area contributed by atoms with Crippen molar-refractivity contribution in [2.75, 3.05) is 0 Å². The van der Waals surface area contributed by atoms with E-state index in [0.717, 1.165) is 10.2 Å². The highest BCUT2D eigenvalue weighted by Gasteiger charge is 2.14. The number of hydrogen-bond acceptors (Lipinski definition) is 2. The van der Waals surface area contributed by atoms with Crippen LogP contribution in [0.15, 0.2) is 42.5 Å². The summed E-state index contributed by atoms with van der Waals surface area (Å²) in [6.07, 6.45) is 0. The molecule has 0 N–H and O–H groups in total. The Bertz CT molecular complexity index is 637. The number of rotatable bonds is 1. The molecule has 3 rings (SSSR count). The molecule has 2 aromatic carbocycles. The minimum Gasteiger partial charge on any atom is -0.236 e. The quantitative estimate of drug-likeness (QED) is 0.626. The van der Waals surface area contributed by atoms with Crippen molar-refractivity contribution in [3.05, 3.63) is 54.1 Å². The minimum atomic E-state index is -0.580. The van der Waals surface area contributed by atoms with Crippen LogP contribution in [-0.2, 0) is 0 Å². The van der Waals surface area contributed by atoms with Crippen LogP contribution in [0.3, 0.4) is 0 Å². The third kappa shape index (κ3) is 1.70. The zero-order chi connectivity index (χ0) is 11.8. The van der Waals surface area contributed by atoms with Gasteiger partial charge in [-0.05, 0) is 24.3 Å². The molecule has 1 heterocycles. The molecule has 0 saturated heterocycles. The van der Waals surface area contributed by atoms with E-state index in [1.54, 1.807) is 0 Å². The van der Waals surface area contributed by atoms with E-state index >= 15 is 0 Å². The van der Waals surface area contributed by atoms with Crippen LogP contribution >= 0.6 is 11.3 Å². The van der Waals surface area contributed by atoms with E-state index in [1.165, 1.54) is 29.5 Å². The number of hydrogen-bond donors (Lipinski definition) is 0. The molecule has 0 aliphatic carbocycles. The summed E-state index contributed by atoms with van der Waals surface area (Å²) in [5, 5.41) is 0.377. The Hall–Kier alpha value is -1.81. The summed E-state index contributed by atoms with van der Waals surface area (Å²) < 4.78 is 28.1. The average Bonchev–Trinajstić information content (AvgIpc) is 2.71. The molecule has 1 aromatic heterocycles. The molecule has 0 atom stereocenters. The summed E-state index contributed by atoms with van der Waals surface area (Å²) in [5.41, 5.74) is 0.712. The number of benzene rings is 2. The number of aromatic nitrogens is 1. The molecule has 3 aromatic rings. The predicted octanol–water partition coefficient (Wildman–Crippen LogP) is 4.24. The third-order valence-corrected chi connectivity index (χ3v) is 3.52. The normalized spacial score (nSPS) is 10.9. The van der Waals surface area contributed by atoms with Crippen molar-refractivity contribution < 1.29 is 8.78 Å². The Morgan fingerprint density at radius 2 is 1.59 bits per heavy atom. The van der Waals surface area contributed by atoms with Crippen LogP contribution in [0.25, 0.3) is 20.8 Å². The molecule has 0 bridgehead atoms. The largest absolute Gasteiger partial charge is 0.236 e. The van der Waals surface area contributed by atoms with E-state index in [9.17, 15) is 8.78 Å². The summed E-state index contributed by atoms with van der Waals surface area (Å²) >= 11 is 1.29. The maximum atomic E-state index is 13.6. The Balaban J connectivity index is 2.27. The number of para-hydroxylation sites is 1. The molecule has 84 valence electrons. The van der Waals surface area contributed by atoms with Gasteiger partial charge in [0.1, 0.15) is 16.6 Å². The molecular weight excluding hydrogens is 240 g/mol. The first-order valence-corrected chi connectivity index (χ1v) is 5.87. The van der Waals surface area contributed by atoms with Gasteiger partial charge in [0.15, 0.2) is 0 Å². The van der Waals surface area contributed by atoms with Gasteiger partial charge >= 0.3 is 0 Å². The van der Waals surface area contributed by atoms with Gasteiger partial charge in [0.25, 0.3) is 0 Å². The van der Waals surface area contributed by atoms with Crippen LogP contribution in [0.2, 0.25) is 0 Å². The van der Waals surface area contributed by atoms with Gasteiger partial charge in [0.05, 0.1) is 15.8 Å². The zero-order valence-corrected chi connectivity index (χ0v) is 9.47. The van der Waals surface area contributed by atoms with E-state index < -0.39 is 11.6 Å². The van der Waals surface area contributed by atoms with Crippen molar-refractivity contribution in [2.24, 2.45) is 0 Å². The number of thiazole rings is 1. The summed E-state index contributed by atoms with van der Waals surface area (Å²) in [5.74, 6) is -1.16. The van der Waals surface area contributed by atoms with Gasteiger partial charge in [0.2, 0.25) is 0 Å². The highest BCUT2D eigenvalue weighted by Crippen LogP contribution is 2.32. The molecule has 0 aliphatic rings. The van der Waals surface area contributed by atoms with Crippen molar-refractivity contribution >= 4 is 21.6 Å². The van der Waals surface area contributed by atoms with Crippen LogP contribution in [0.1, 0.15) is 0 Å². The standard InChI is InChI=1S/C13H7F2NS/c14-8-4-3-5-9(15)12(8)13-16-10-6-1-2-7-11(10)17-13/h1-7H. The number of nitrogens with zero attached hydrogens (tertiary/aromatic N) is 1. The van der Waals surface area contributed by atoms with E-state index in [-0.39, 0.29) is 5.56 Å². The highest BCUT2D eigenvalue weighted by atomic mass is 32.1. The van der Waals surface area contributed by atoms with Gasteiger partial charge in [-0.25, -0.2) is 13.8 Å². The molecule has 0 fully saturated rings. The van der Waals surface area contributed by atoms with Crippen LogP contribution in [0.4, 0.5) is 8.78 Å². The van der Waals surface area contributed by atoms with E-state index in [0.29, 0.717) is 5.01 Å². The zero-order valence-electron chi connectivity index (χ0n) is 8.65. The Morgan fingerprint density at radius 3 is 2.29 bits per heavy atom. The number of fused-ring (bicyclic) bond motifs is 1. The molecule has 0 unspecified atom stereocenters. The third-order valence-electron chi connectivity index (χ3n) is 2.47. The summed E-state index contributed by atoms with van der Waals surface area (Å²) in [6, 6.07) is 11.3.